The molecule has 3 aromatic heterocycles. The van der Waals surface area contributed by atoms with Crippen LogP contribution in [0.1, 0.15) is 20.8 Å². The third kappa shape index (κ3) is 4.45. The molecule has 168 valence electrons. The number of thiazole rings is 1. The Labute approximate surface area is 195 Å². The molecule has 8 nitrogen and oxygen atoms in total. The molecule has 0 aliphatic carbocycles. The second kappa shape index (κ2) is 7.91. The van der Waals surface area contributed by atoms with Gasteiger partial charge in [0.2, 0.25) is 16.0 Å². The SMILES string of the molecule is CC(C)(C)NS(=O)(=O)c1cccc(-c2ccc3cnc(Nc4ccc5scnc5c4)nn23)c1. The summed E-state index contributed by atoms with van der Waals surface area (Å²) < 4.78 is 31.2. The molecule has 3 heterocycles. The second-order valence-electron chi connectivity index (χ2n) is 8.68. The van der Waals surface area contributed by atoms with E-state index in [2.05, 4.69) is 25.1 Å². The third-order valence-electron chi connectivity index (χ3n) is 4.87. The number of nitrogens with zero attached hydrogens (tertiary/aromatic N) is 4. The van der Waals surface area contributed by atoms with Crippen LogP contribution in [0.25, 0.3) is 27.0 Å². The predicted molar refractivity (Wildman–Crippen MR) is 131 cm³/mol. The molecule has 5 aromatic rings. The van der Waals surface area contributed by atoms with Gasteiger partial charge in [-0.3, -0.25) is 0 Å². The van der Waals surface area contributed by atoms with E-state index in [0.717, 1.165) is 32.7 Å². The van der Waals surface area contributed by atoms with Crippen molar-refractivity contribution < 1.29 is 8.42 Å². The van der Waals surface area contributed by atoms with Crippen molar-refractivity contribution >= 4 is 48.7 Å². The molecule has 0 aliphatic rings. The summed E-state index contributed by atoms with van der Waals surface area (Å²) in [5.41, 5.74) is 5.28. The van der Waals surface area contributed by atoms with Gasteiger partial charge in [-0.2, -0.15) is 0 Å². The first-order valence-corrected chi connectivity index (χ1v) is 12.6. The van der Waals surface area contributed by atoms with Gasteiger partial charge in [0.05, 0.1) is 38.0 Å². The fraction of sp³-hybridized carbons (Fsp3) is 0.174. The number of fused-ring (bicyclic) bond motifs is 2. The van der Waals surface area contributed by atoms with E-state index in [1.54, 1.807) is 40.2 Å². The Morgan fingerprint density at radius 1 is 1.00 bits per heavy atom. The largest absolute Gasteiger partial charge is 0.323 e. The average Bonchev–Trinajstić information content (AvgIpc) is 3.38. The van der Waals surface area contributed by atoms with Gasteiger partial charge in [-0.1, -0.05) is 12.1 Å². The Balaban J connectivity index is 1.50. The average molecular weight is 479 g/mol. The Kier molecular flexibility index (Phi) is 5.15. The van der Waals surface area contributed by atoms with E-state index in [9.17, 15) is 8.42 Å². The van der Waals surface area contributed by atoms with E-state index in [0.29, 0.717) is 5.95 Å². The van der Waals surface area contributed by atoms with E-state index in [1.807, 2.05) is 62.7 Å². The molecule has 0 saturated heterocycles. The molecule has 0 saturated carbocycles. The predicted octanol–water partition coefficient (Wildman–Crippen LogP) is 4.83. The van der Waals surface area contributed by atoms with Crippen molar-refractivity contribution in [1.29, 1.82) is 0 Å². The van der Waals surface area contributed by atoms with Crippen LogP contribution in [0, 0.1) is 0 Å². The topological polar surface area (TPSA) is 101 Å². The van der Waals surface area contributed by atoms with Crippen LogP contribution in [0.3, 0.4) is 0 Å². The first-order chi connectivity index (χ1) is 15.7. The number of benzene rings is 2. The second-order valence-corrected chi connectivity index (χ2v) is 11.2. The zero-order valence-corrected chi connectivity index (χ0v) is 19.9. The lowest BCUT2D eigenvalue weighted by Crippen LogP contribution is -2.40. The molecular formula is C23H22N6O2S2. The highest BCUT2D eigenvalue weighted by Crippen LogP contribution is 2.26. The number of hydrogen-bond acceptors (Lipinski definition) is 7. The first-order valence-electron chi connectivity index (χ1n) is 10.3. The molecule has 10 heteroatoms. The van der Waals surface area contributed by atoms with Crippen molar-refractivity contribution in [3.8, 4) is 11.3 Å². The van der Waals surface area contributed by atoms with Gasteiger partial charge in [-0.15, -0.1) is 16.4 Å². The minimum absolute atomic E-state index is 0.203. The minimum atomic E-state index is -3.66. The standard InChI is InChI=1S/C23H22N6O2S2/c1-23(2,3)28-33(30,31)18-6-4-5-15(11-18)20-9-8-17-13-24-22(27-29(17)20)26-16-7-10-21-19(12-16)25-14-32-21/h4-14,28H,1-3H3,(H,26,27). The Morgan fingerprint density at radius 2 is 1.85 bits per heavy atom. The zero-order valence-electron chi connectivity index (χ0n) is 18.3. The monoisotopic (exact) mass is 478 g/mol. The summed E-state index contributed by atoms with van der Waals surface area (Å²) in [4.78, 5) is 8.95. The van der Waals surface area contributed by atoms with Crippen molar-refractivity contribution in [2.24, 2.45) is 0 Å². The smallest absolute Gasteiger partial charge is 0.245 e. The van der Waals surface area contributed by atoms with E-state index in [1.165, 1.54) is 0 Å². The highest BCUT2D eigenvalue weighted by Gasteiger charge is 2.22. The highest BCUT2D eigenvalue weighted by molar-refractivity contribution is 7.89. The number of anilines is 2. The lowest BCUT2D eigenvalue weighted by molar-refractivity contribution is 0.491. The molecule has 33 heavy (non-hydrogen) atoms. The maximum absolute atomic E-state index is 12.8. The molecule has 0 aliphatic heterocycles. The molecule has 0 atom stereocenters. The van der Waals surface area contributed by atoms with Crippen molar-refractivity contribution in [3.63, 3.8) is 0 Å². The maximum Gasteiger partial charge on any atom is 0.245 e. The fourth-order valence-electron chi connectivity index (χ4n) is 3.53. The molecule has 0 fully saturated rings. The molecule has 5 rings (SSSR count). The van der Waals surface area contributed by atoms with Crippen LogP contribution >= 0.6 is 11.3 Å². The third-order valence-corrected chi connectivity index (χ3v) is 7.43. The number of rotatable bonds is 5. The quantitative estimate of drug-likeness (QED) is 0.375. The normalized spacial score (nSPS) is 12.5. The first kappa shape index (κ1) is 21.5. The summed E-state index contributed by atoms with van der Waals surface area (Å²) in [5.74, 6) is 0.424. The zero-order chi connectivity index (χ0) is 23.2. The Hall–Kier alpha value is -3.34. The summed E-state index contributed by atoms with van der Waals surface area (Å²) in [6, 6.07) is 16.6. The number of hydrogen-bond donors (Lipinski definition) is 2. The summed E-state index contributed by atoms with van der Waals surface area (Å²) in [7, 11) is -3.66. The van der Waals surface area contributed by atoms with Crippen molar-refractivity contribution in [3.05, 3.63) is 66.3 Å². The van der Waals surface area contributed by atoms with Gasteiger partial charge in [0.1, 0.15) is 0 Å². The van der Waals surface area contributed by atoms with Crippen LogP contribution < -0.4 is 10.0 Å². The van der Waals surface area contributed by atoms with E-state index < -0.39 is 15.6 Å². The van der Waals surface area contributed by atoms with Crippen molar-refractivity contribution in [2.75, 3.05) is 5.32 Å². The summed E-state index contributed by atoms with van der Waals surface area (Å²) in [6.07, 6.45) is 1.72. The van der Waals surface area contributed by atoms with Crippen LogP contribution in [0.5, 0.6) is 0 Å². The Morgan fingerprint density at radius 3 is 2.67 bits per heavy atom. The lowest BCUT2D eigenvalue weighted by Gasteiger charge is -2.20. The van der Waals surface area contributed by atoms with Crippen LogP contribution in [0.2, 0.25) is 0 Å². The maximum atomic E-state index is 12.8. The molecule has 0 spiro atoms. The summed E-state index contributed by atoms with van der Waals surface area (Å²) in [5, 5.41) is 7.86. The van der Waals surface area contributed by atoms with E-state index >= 15 is 0 Å². The van der Waals surface area contributed by atoms with Gasteiger partial charge in [0.25, 0.3) is 0 Å². The van der Waals surface area contributed by atoms with Crippen LogP contribution in [-0.2, 0) is 10.0 Å². The number of nitrogens with one attached hydrogen (secondary N) is 2. The molecule has 0 amide bonds. The molecule has 0 bridgehead atoms. The summed E-state index contributed by atoms with van der Waals surface area (Å²) >= 11 is 1.59. The van der Waals surface area contributed by atoms with Crippen molar-refractivity contribution in [2.45, 2.75) is 31.2 Å². The molecular weight excluding hydrogens is 456 g/mol. The molecule has 0 radical (unpaired) electrons. The number of sulfonamides is 1. The summed E-state index contributed by atoms with van der Waals surface area (Å²) in [6.45, 7) is 5.44. The van der Waals surface area contributed by atoms with Crippen LogP contribution in [0.4, 0.5) is 11.6 Å². The van der Waals surface area contributed by atoms with Crippen LogP contribution in [0.15, 0.2) is 71.2 Å². The van der Waals surface area contributed by atoms with Gasteiger partial charge in [0, 0.05) is 16.8 Å². The highest BCUT2D eigenvalue weighted by atomic mass is 32.2. The van der Waals surface area contributed by atoms with Crippen molar-refractivity contribution in [1.82, 2.24) is 24.3 Å². The van der Waals surface area contributed by atoms with E-state index in [-0.39, 0.29) is 4.90 Å². The Bertz CT molecular complexity index is 1580. The molecule has 0 unspecified atom stereocenters. The van der Waals surface area contributed by atoms with Gasteiger partial charge >= 0.3 is 0 Å². The van der Waals surface area contributed by atoms with Gasteiger partial charge in [-0.05, 0) is 63.2 Å². The minimum Gasteiger partial charge on any atom is -0.323 e. The lowest BCUT2D eigenvalue weighted by atomic mass is 10.1. The van der Waals surface area contributed by atoms with Gasteiger partial charge in [-0.25, -0.2) is 27.6 Å². The van der Waals surface area contributed by atoms with Gasteiger partial charge < -0.3 is 5.32 Å². The fourth-order valence-corrected chi connectivity index (χ4v) is 5.65. The van der Waals surface area contributed by atoms with Gasteiger partial charge in [0.15, 0.2) is 0 Å². The van der Waals surface area contributed by atoms with E-state index in [4.69, 9.17) is 0 Å². The molecule has 2 aromatic carbocycles. The molecule has 2 N–H and O–H groups in total. The van der Waals surface area contributed by atoms with Crippen LogP contribution in [-0.4, -0.2) is 33.5 Å². The number of aromatic nitrogens is 4.